The van der Waals surface area contributed by atoms with E-state index < -0.39 is 5.41 Å². The molecule has 0 radical (unpaired) electrons. The molecule has 1 aliphatic rings. The normalized spacial score (nSPS) is 27.5. The number of aliphatic hydroxyl groups excluding tert-OH is 1. The molecule has 0 bridgehead atoms. The summed E-state index contributed by atoms with van der Waals surface area (Å²) in [5, 5.41) is 25.6. The average Bonchev–Trinajstić information content (AvgIpc) is 2.94. The lowest BCUT2D eigenvalue weighted by Crippen LogP contribution is -2.44. The Kier molecular flexibility index (Phi) is 6.08. The first kappa shape index (κ1) is 21.1. The molecule has 1 heterocycles. The van der Waals surface area contributed by atoms with Gasteiger partial charge in [-0.1, -0.05) is 68.2 Å². The number of benzene rings is 2. The molecule has 0 spiro atoms. The maximum atomic E-state index is 10.6. The molecule has 3 nitrogen and oxygen atoms in total. The zero-order chi connectivity index (χ0) is 20.5. The van der Waals surface area contributed by atoms with E-state index in [2.05, 4.69) is 32.2 Å². The van der Waals surface area contributed by atoms with Crippen molar-refractivity contribution in [2.24, 2.45) is 5.41 Å². The van der Waals surface area contributed by atoms with Gasteiger partial charge in [-0.15, -0.1) is 0 Å². The Balaban J connectivity index is 2.23. The molecule has 2 aromatic carbocycles. The van der Waals surface area contributed by atoms with Gasteiger partial charge in [-0.05, 0) is 47.2 Å². The number of aliphatic hydroxyl groups is 1. The Morgan fingerprint density at radius 2 is 1.79 bits per heavy atom. The summed E-state index contributed by atoms with van der Waals surface area (Å²) in [6, 6.07) is 17.4. The predicted molar refractivity (Wildman–Crippen MR) is 115 cm³/mol. The highest BCUT2D eigenvalue weighted by molar-refractivity contribution is 6.30. The van der Waals surface area contributed by atoms with Crippen LogP contribution in [0.25, 0.3) is 0 Å². The number of hydrogen-bond donors (Lipinski definition) is 2. The van der Waals surface area contributed by atoms with Crippen LogP contribution in [0.3, 0.4) is 0 Å². The van der Waals surface area contributed by atoms with Gasteiger partial charge in [-0.3, -0.25) is 0 Å². The first-order chi connectivity index (χ1) is 13.2. The summed E-state index contributed by atoms with van der Waals surface area (Å²) in [4.78, 5) is 0. The van der Waals surface area contributed by atoms with Crippen molar-refractivity contribution < 1.29 is 5.11 Å². The van der Waals surface area contributed by atoms with Crippen molar-refractivity contribution in [3.05, 3.63) is 69.7 Å². The van der Waals surface area contributed by atoms with Crippen LogP contribution in [0.2, 0.25) is 10.0 Å². The Bertz CT molecular complexity index is 869. The van der Waals surface area contributed by atoms with Crippen LogP contribution in [-0.2, 0) is 5.41 Å². The highest BCUT2D eigenvalue weighted by Crippen LogP contribution is 2.51. The molecule has 0 aliphatic carbocycles. The third kappa shape index (κ3) is 3.93. The number of halogens is 2. The SMILES string of the molecule is CC(C)(C)C[C@@H]1N[C@@H](CO)[C@H](c2cccc(Cl)c2)[C@@]1(C#N)c1ccc(Cl)cc1. The standard InChI is InChI=1S/C23H26Cl2N2O/c1-22(2,3)12-20-23(14-26,16-7-9-17(24)10-8-16)21(19(13-28)27-20)15-5-4-6-18(25)11-15/h4-11,19-21,27-28H,12-13H2,1-3H3/t19-,20-,21-,23-/m0/s1. The predicted octanol–water partition coefficient (Wildman–Crippen LogP) is 5.31. The monoisotopic (exact) mass is 416 g/mol. The van der Waals surface area contributed by atoms with Crippen LogP contribution < -0.4 is 5.32 Å². The van der Waals surface area contributed by atoms with Gasteiger partial charge in [-0.25, -0.2) is 0 Å². The maximum absolute atomic E-state index is 10.6. The fourth-order valence-corrected chi connectivity index (χ4v) is 4.85. The van der Waals surface area contributed by atoms with E-state index in [1.807, 2.05) is 48.5 Å². The molecule has 5 heteroatoms. The van der Waals surface area contributed by atoms with Gasteiger partial charge in [0.25, 0.3) is 0 Å². The van der Waals surface area contributed by atoms with E-state index >= 15 is 0 Å². The van der Waals surface area contributed by atoms with E-state index in [0.717, 1.165) is 17.5 Å². The second-order valence-corrected chi connectivity index (χ2v) is 9.67. The Labute approximate surface area is 177 Å². The van der Waals surface area contributed by atoms with Crippen molar-refractivity contribution in [3.63, 3.8) is 0 Å². The summed E-state index contributed by atoms with van der Waals surface area (Å²) in [6.45, 7) is 6.44. The van der Waals surface area contributed by atoms with E-state index in [0.29, 0.717) is 10.0 Å². The van der Waals surface area contributed by atoms with Crippen LogP contribution in [-0.4, -0.2) is 23.8 Å². The van der Waals surface area contributed by atoms with Crippen LogP contribution in [0.4, 0.5) is 0 Å². The van der Waals surface area contributed by atoms with Crippen molar-refractivity contribution in [3.8, 4) is 6.07 Å². The molecule has 3 rings (SSSR count). The van der Waals surface area contributed by atoms with Gasteiger partial charge < -0.3 is 10.4 Å². The molecule has 0 unspecified atom stereocenters. The smallest absolute Gasteiger partial charge is 0.106 e. The Hall–Kier alpha value is -1.57. The quantitative estimate of drug-likeness (QED) is 0.709. The van der Waals surface area contributed by atoms with Crippen LogP contribution >= 0.6 is 23.2 Å². The molecule has 0 aromatic heterocycles. The Morgan fingerprint density at radius 3 is 2.32 bits per heavy atom. The minimum Gasteiger partial charge on any atom is -0.395 e. The van der Waals surface area contributed by atoms with Crippen molar-refractivity contribution in [1.29, 1.82) is 5.26 Å². The summed E-state index contributed by atoms with van der Waals surface area (Å²) < 4.78 is 0. The lowest BCUT2D eigenvalue weighted by atomic mass is 9.63. The maximum Gasteiger partial charge on any atom is 0.106 e. The second kappa shape index (κ2) is 8.05. The van der Waals surface area contributed by atoms with Gasteiger partial charge in [0, 0.05) is 28.0 Å². The van der Waals surface area contributed by atoms with E-state index in [1.54, 1.807) is 0 Å². The van der Waals surface area contributed by atoms with E-state index in [4.69, 9.17) is 23.2 Å². The minimum atomic E-state index is -0.851. The lowest BCUT2D eigenvalue weighted by molar-refractivity contribution is 0.237. The molecule has 1 fully saturated rings. The lowest BCUT2D eigenvalue weighted by Gasteiger charge is -2.37. The highest BCUT2D eigenvalue weighted by atomic mass is 35.5. The zero-order valence-corrected chi connectivity index (χ0v) is 17.9. The van der Waals surface area contributed by atoms with Crippen LogP contribution in [0.5, 0.6) is 0 Å². The van der Waals surface area contributed by atoms with Gasteiger partial charge in [-0.2, -0.15) is 5.26 Å². The summed E-state index contributed by atoms with van der Waals surface area (Å²) >= 11 is 12.4. The number of hydrogen-bond acceptors (Lipinski definition) is 3. The molecular formula is C23H26Cl2N2O. The van der Waals surface area contributed by atoms with E-state index in [-0.39, 0.29) is 30.0 Å². The summed E-state index contributed by atoms with van der Waals surface area (Å²) in [6.07, 6.45) is 0.788. The molecular weight excluding hydrogens is 391 g/mol. The number of rotatable bonds is 4. The fraction of sp³-hybridized carbons (Fsp3) is 0.435. The largest absolute Gasteiger partial charge is 0.395 e. The first-order valence-corrected chi connectivity index (χ1v) is 10.3. The van der Waals surface area contributed by atoms with Crippen LogP contribution in [0.15, 0.2) is 48.5 Å². The van der Waals surface area contributed by atoms with E-state index in [1.165, 1.54) is 0 Å². The summed E-state index contributed by atoms with van der Waals surface area (Å²) in [5.41, 5.74) is 1.01. The second-order valence-electron chi connectivity index (χ2n) is 8.79. The summed E-state index contributed by atoms with van der Waals surface area (Å²) in [7, 11) is 0. The molecule has 28 heavy (non-hydrogen) atoms. The number of nitrogens with one attached hydrogen (secondary N) is 1. The topological polar surface area (TPSA) is 56.0 Å². The van der Waals surface area contributed by atoms with Crippen LogP contribution in [0, 0.1) is 16.7 Å². The zero-order valence-electron chi connectivity index (χ0n) is 16.4. The molecule has 148 valence electrons. The highest BCUT2D eigenvalue weighted by Gasteiger charge is 2.57. The van der Waals surface area contributed by atoms with Crippen LogP contribution in [0.1, 0.15) is 44.2 Å². The third-order valence-corrected chi connectivity index (χ3v) is 6.07. The molecule has 1 saturated heterocycles. The molecule has 0 saturated carbocycles. The van der Waals surface area contributed by atoms with Gasteiger partial charge in [0.2, 0.25) is 0 Å². The molecule has 2 aromatic rings. The van der Waals surface area contributed by atoms with Gasteiger partial charge in [0.05, 0.1) is 12.7 Å². The van der Waals surface area contributed by atoms with Crippen molar-refractivity contribution in [2.45, 2.75) is 50.6 Å². The summed E-state index contributed by atoms with van der Waals surface area (Å²) in [5.74, 6) is -0.241. The molecule has 0 amide bonds. The van der Waals surface area contributed by atoms with Crippen molar-refractivity contribution in [1.82, 2.24) is 5.32 Å². The van der Waals surface area contributed by atoms with Crippen molar-refractivity contribution in [2.75, 3.05) is 6.61 Å². The minimum absolute atomic E-state index is 0.00935. The Morgan fingerprint density at radius 1 is 1.11 bits per heavy atom. The first-order valence-electron chi connectivity index (χ1n) is 9.51. The number of nitriles is 1. The third-order valence-electron chi connectivity index (χ3n) is 5.59. The molecule has 1 aliphatic heterocycles. The van der Waals surface area contributed by atoms with Crippen molar-refractivity contribution >= 4 is 23.2 Å². The fourth-order valence-electron chi connectivity index (χ4n) is 4.52. The van der Waals surface area contributed by atoms with E-state index in [9.17, 15) is 10.4 Å². The number of nitrogens with zero attached hydrogens (tertiary/aromatic N) is 1. The molecule has 2 N–H and O–H groups in total. The van der Waals surface area contributed by atoms with Gasteiger partial charge in [0.15, 0.2) is 0 Å². The average molecular weight is 417 g/mol. The molecule has 4 atom stereocenters. The van der Waals surface area contributed by atoms with Gasteiger partial charge in [0.1, 0.15) is 5.41 Å². The van der Waals surface area contributed by atoms with Gasteiger partial charge >= 0.3 is 0 Å².